The van der Waals surface area contributed by atoms with Crippen LogP contribution in [0, 0.1) is 6.92 Å². The first-order valence-corrected chi connectivity index (χ1v) is 7.47. The van der Waals surface area contributed by atoms with Gasteiger partial charge in [-0.25, -0.2) is 0 Å². The summed E-state index contributed by atoms with van der Waals surface area (Å²) < 4.78 is 1.82. The molecule has 1 aromatic carbocycles. The summed E-state index contributed by atoms with van der Waals surface area (Å²) in [4.78, 5) is 1.12. The van der Waals surface area contributed by atoms with Crippen molar-refractivity contribution in [2.24, 2.45) is 7.05 Å². The quantitative estimate of drug-likeness (QED) is 0.862. The number of aryl methyl sites for hydroxylation is 2. The predicted molar refractivity (Wildman–Crippen MR) is 79.8 cm³/mol. The van der Waals surface area contributed by atoms with Gasteiger partial charge >= 0.3 is 0 Å². The van der Waals surface area contributed by atoms with Gasteiger partial charge in [0.15, 0.2) is 0 Å². The fourth-order valence-electron chi connectivity index (χ4n) is 1.88. The molecule has 0 radical (unpaired) electrons. The molecule has 1 atom stereocenters. The lowest BCUT2D eigenvalue weighted by Crippen LogP contribution is -2.15. The third-order valence-corrected chi connectivity index (χ3v) is 4.21. The molecule has 19 heavy (non-hydrogen) atoms. The van der Waals surface area contributed by atoms with Gasteiger partial charge in [-0.05, 0) is 37.3 Å². The Morgan fingerprint density at radius 2 is 2.05 bits per heavy atom. The lowest BCUT2D eigenvalue weighted by molar-refractivity contribution is 0.197. The van der Waals surface area contributed by atoms with Gasteiger partial charge in [0.25, 0.3) is 0 Å². The number of nitrogens with zero attached hydrogens (tertiary/aromatic N) is 2. The summed E-state index contributed by atoms with van der Waals surface area (Å²) in [7, 11) is 1.90. The van der Waals surface area contributed by atoms with Crippen molar-refractivity contribution in [1.82, 2.24) is 9.78 Å². The Labute approximate surface area is 122 Å². The summed E-state index contributed by atoms with van der Waals surface area (Å²) in [6.45, 7) is 1.96. The molecule has 1 heterocycles. The maximum atomic E-state index is 10.1. The number of aliphatic hydroxyl groups excluding tert-OH is 1. The molecule has 0 saturated heterocycles. The Bertz CT molecular complexity index is 539. The number of aliphatic hydroxyl groups is 1. The van der Waals surface area contributed by atoms with Crippen molar-refractivity contribution in [2.75, 3.05) is 5.75 Å². The second-order valence-electron chi connectivity index (χ2n) is 4.52. The number of thioether (sulfide) groups is 1. The van der Waals surface area contributed by atoms with Crippen molar-refractivity contribution < 1.29 is 5.11 Å². The van der Waals surface area contributed by atoms with E-state index in [0.29, 0.717) is 12.2 Å². The average molecular weight is 297 g/mol. The molecule has 0 aliphatic carbocycles. The van der Waals surface area contributed by atoms with Crippen LogP contribution in [0.5, 0.6) is 0 Å². The smallest absolute Gasteiger partial charge is 0.0689 e. The van der Waals surface area contributed by atoms with Crippen molar-refractivity contribution in [3.05, 3.63) is 46.7 Å². The highest BCUT2D eigenvalue weighted by molar-refractivity contribution is 7.99. The molecule has 1 aromatic heterocycles. The van der Waals surface area contributed by atoms with Crippen molar-refractivity contribution in [1.29, 1.82) is 0 Å². The van der Waals surface area contributed by atoms with Gasteiger partial charge in [0, 0.05) is 34.8 Å². The zero-order chi connectivity index (χ0) is 13.8. The van der Waals surface area contributed by atoms with Crippen LogP contribution in [0.4, 0.5) is 0 Å². The van der Waals surface area contributed by atoms with E-state index in [-0.39, 0.29) is 6.10 Å². The summed E-state index contributed by atoms with van der Waals surface area (Å²) in [6.07, 6.45) is 0.244. The third kappa shape index (κ3) is 4.27. The van der Waals surface area contributed by atoms with E-state index in [0.717, 1.165) is 21.3 Å². The molecule has 5 heteroatoms. The molecule has 1 unspecified atom stereocenters. The molecule has 102 valence electrons. The Morgan fingerprint density at radius 1 is 1.37 bits per heavy atom. The highest BCUT2D eigenvalue weighted by atomic mass is 35.5. The average Bonchev–Trinajstić information content (AvgIpc) is 2.67. The zero-order valence-electron chi connectivity index (χ0n) is 11.0. The maximum absolute atomic E-state index is 10.1. The van der Waals surface area contributed by atoms with E-state index in [1.54, 1.807) is 11.8 Å². The van der Waals surface area contributed by atoms with Crippen LogP contribution < -0.4 is 0 Å². The molecule has 0 saturated carbocycles. The SMILES string of the molecule is Cc1cc(CC(O)CSc2ccc(Cl)cc2)n(C)n1. The Hall–Kier alpha value is -0.970. The highest BCUT2D eigenvalue weighted by Crippen LogP contribution is 2.21. The molecule has 2 aromatic rings. The molecule has 0 spiro atoms. The van der Waals surface area contributed by atoms with Crippen LogP contribution in [0.25, 0.3) is 0 Å². The van der Waals surface area contributed by atoms with Gasteiger partial charge in [-0.15, -0.1) is 11.8 Å². The molecule has 3 nitrogen and oxygen atoms in total. The van der Waals surface area contributed by atoms with Gasteiger partial charge in [-0.3, -0.25) is 4.68 Å². The van der Waals surface area contributed by atoms with E-state index in [2.05, 4.69) is 5.10 Å². The van der Waals surface area contributed by atoms with Crippen LogP contribution in [0.2, 0.25) is 5.02 Å². The zero-order valence-corrected chi connectivity index (χ0v) is 12.6. The maximum Gasteiger partial charge on any atom is 0.0689 e. The van der Waals surface area contributed by atoms with Gasteiger partial charge < -0.3 is 5.11 Å². The molecule has 2 rings (SSSR count). The largest absolute Gasteiger partial charge is 0.392 e. The van der Waals surface area contributed by atoms with Gasteiger partial charge in [-0.1, -0.05) is 11.6 Å². The van der Waals surface area contributed by atoms with E-state index in [9.17, 15) is 5.11 Å². The standard InChI is InChI=1S/C14H17ClN2OS/c1-10-7-12(17(2)16-10)8-13(18)9-19-14-5-3-11(15)4-6-14/h3-7,13,18H,8-9H2,1-2H3. The molecule has 0 bridgehead atoms. The van der Waals surface area contributed by atoms with Crippen LogP contribution in [0.15, 0.2) is 35.2 Å². The van der Waals surface area contributed by atoms with Gasteiger partial charge in [0.05, 0.1) is 11.8 Å². The van der Waals surface area contributed by atoms with Crippen LogP contribution in [0.1, 0.15) is 11.4 Å². The van der Waals surface area contributed by atoms with Gasteiger partial charge in [-0.2, -0.15) is 5.10 Å². The number of hydrogen-bond donors (Lipinski definition) is 1. The summed E-state index contributed by atoms with van der Waals surface area (Å²) in [5, 5.41) is 15.1. The second kappa shape index (κ2) is 6.46. The van der Waals surface area contributed by atoms with E-state index in [1.165, 1.54) is 0 Å². The van der Waals surface area contributed by atoms with Crippen molar-refractivity contribution in [3.8, 4) is 0 Å². The molecule has 0 aliphatic heterocycles. The minimum Gasteiger partial charge on any atom is -0.392 e. The summed E-state index contributed by atoms with van der Waals surface area (Å²) >= 11 is 7.46. The first kappa shape index (κ1) is 14.4. The summed E-state index contributed by atoms with van der Waals surface area (Å²) in [5.74, 6) is 0.659. The van der Waals surface area contributed by atoms with E-state index in [1.807, 2.05) is 49.0 Å². The number of aromatic nitrogens is 2. The van der Waals surface area contributed by atoms with E-state index >= 15 is 0 Å². The molecule has 1 N–H and O–H groups in total. The predicted octanol–water partition coefficient (Wildman–Crippen LogP) is 3.08. The van der Waals surface area contributed by atoms with Crippen molar-refractivity contribution in [3.63, 3.8) is 0 Å². The monoisotopic (exact) mass is 296 g/mol. The van der Waals surface area contributed by atoms with Crippen LogP contribution in [-0.2, 0) is 13.5 Å². The fourth-order valence-corrected chi connectivity index (χ4v) is 2.84. The molecule has 0 amide bonds. The summed E-state index contributed by atoms with van der Waals surface area (Å²) in [5.41, 5.74) is 2.04. The number of halogens is 1. The lowest BCUT2D eigenvalue weighted by Gasteiger charge is -2.10. The molecule has 0 aliphatic rings. The van der Waals surface area contributed by atoms with Gasteiger partial charge in [0.2, 0.25) is 0 Å². The van der Waals surface area contributed by atoms with Crippen LogP contribution in [0.3, 0.4) is 0 Å². The Morgan fingerprint density at radius 3 is 2.63 bits per heavy atom. The van der Waals surface area contributed by atoms with Crippen LogP contribution in [-0.4, -0.2) is 26.7 Å². The normalized spacial score (nSPS) is 12.6. The lowest BCUT2D eigenvalue weighted by atomic mass is 10.2. The number of rotatable bonds is 5. The molecule has 0 fully saturated rings. The van der Waals surface area contributed by atoms with Crippen LogP contribution >= 0.6 is 23.4 Å². The number of hydrogen-bond acceptors (Lipinski definition) is 3. The third-order valence-electron chi connectivity index (χ3n) is 2.80. The van der Waals surface area contributed by atoms with Crippen molar-refractivity contribution >= 4 is 23.4 Å². The molecular weight excluding hydrogens is 280 g/mol. The second-order valence-corrected chi connectivity index (χ2v) is 6.05. The minimum absolute atomic E-state index is 0.379. The number of benzene rings is 1. The molecular formula is C14H17ClN2OS. The first-order chi connectivity index (χ1) is 9.04. The van der Waals surface area contributed by atoms with Crippen molar-refractivity contribution in [2.45, 2.75) is 24.3 Å². The summed E-state index contributed by atoms with van der Waals surface area (Å²) in [6, 6.07) is 9.67. The topological polar surface area (TPSA) is 38.0 Å². The van der Waals surface area contributed by atoms with E-state index < -0.39 is 0 Å². The minimum atomic E-state index is -0.379. The Balaban J connectivity index is 1.86. The highest BCUT2D eigenvalue weighted by Gasteiger charge is 2.10. The first-order valence-electron chi connectivity index (χ1n) is 6.10. The fraction of sp³-hybridized carbons (Fsp3) is 0.357. The Kier molecular flexibility index (Phi) is 4.91. The van der Waals surface area contributed by atoms with Gasteiger partial charge in [0.1, 0.15) is 0 Å². The van der Waals surface area contributed by atoms with E-state index in [4.69, 9.17) is 11.6 Å².